The summed E-state index contributed by atoms with van der Waals surface area (Å²) in [6.45, 7) is 4.84. The molecule has 0 saturated heterocycles. The summed E-state index contributed by atoms with van der Waals surface area (Å²) in [7, 11) is 0. The molecule has 5 rings (SSSR count). The molecule has 1 amide bonds. The first kappa shape index (κ1) is 23.2. The van der Waals surface area contributed by atoms with Gasteiger partial charge in [0.1, 0.15) is 0 Å². The van der Waals surface area contributed by atoms with Crippen molar-refractivity contribution in [2.45, 2.75) is 13.8 Å². The van der Waals surface area contributed by atoms with E-state index in [1.54, 1.807) is 6.20 Å². The van der Waals surface area contributed by atoms with Gasteiger partial charge in [0.05, 0.1) is 30.2 Å². The minimum Gasteiger partial charge on any atom is -0.490 e. The molecule has 0 bridgehead atoms. The standard InChI is InChI=1S/C30H27N3O3/c1-3-35-26-17-24-25(18-27(26)36-4-2)33-30(34)28(24)29(21-9-6-5-7-10-21)32-23-14-12-20(13-15-23)22-11-8-16-31-19-22/h5-19,32H,3-4H2,1-2H3,(H,33,34)/b29-28-. The van der Waals surface area contributed by atoms with E-state index in [0.29, 0.717) is 41.7 Å². The van der Waals surface area contributed by atoms with Crippen LogP contribution >= 0.6 is 0 Å². The fraction of sp³-hybridized carbons (Fsp3) is 0.133. The number of fused-ring (bicyclic) bond motifs is 1. The number of aromatic nitrogens is 1. The van der Waals surface area contributed by atoms with Gasteiger partial charge in [-0.25, -0.2) is 0 Å². The first-order valence-electron chi connectivity index (χ1n) is 12.0. The van der Waals surface area contributed by atoms with Gasteiger partial charge in [0, 0.05) is 29.7 Å². The Hall–Kier alpha value is -4.58. The lowest BCUT2D eigenvalue weighted by Gasteiger charge is -2.16. The molecule has 0 radical (unpaired) electrons. The SMILES string of the molecule is CCOc1cc2c(cc1OCC)/C(=C(/Nc1ccc(-c3cccnc3)cc1)c1ccccc1)C(=O)N2. The molecule has 3 aromatic carbocycles. The average molecular weight is 478 g/mol. The van der Waals surface area contributed by atoms with Crippen molar-refractivity contribution in [2.24, 2.45) is 0 Å². The van der Waals surface area contributed by atoms with Gasteiger partial charge in [0.15, 0.2) is 11.5 Å². The maximum atomic E-state index is 13.3. The highest BCUT2D eigenvalue weighted by atomic mass is 16.5. The van der Waals surface area contributed by atoms with Crippen LogP contribution in [0.3, 0.4) is 0 Å². The van der Waals surface area contributed by atoms with Gasteiger partial charge in [-0.2, -0.15) is 0 Å². The molecule has 4 aromatic rings. The summed E-state index contributed by atoms with van der Waals surface area (Å²) in [5.41, 5.74) is 6.61. The number of benzene rings is 3. The van der Waals surface area contributed by atoms with E-state index in [1.165, 1.54) is 0 Å². The fourth-order valence-electron chi connectivity index (χ4n) is 4.27. The van der Waals surface area contributed by atoms with Crippen LogP contribution in [0.25, 0.3) is 22.4 Å². The van der Waals surface area contributed by atoms with Crippen LogP contribution in [-0.4, -0.2) is 24.1 Å². The van der Waals surface area contributed by atoms with Crippen molar-refractivity contribution in [3.05, 3.63) is 102 Å². The van der Waals surface area contributed by atoms with Gasteiger partial charge >= 0.3 is 0 Å². The van der Waals surface area contributed by atoms with Crippen LogP contribution < -0.4 is 20.1 Å². The lowest BCUT2D eigenvalue weighted by molar-refractivity contribution is -0.110. The molecule has 1 aliphatic rings. The highest BCUT2D eigenvalue weighted by molar-refractivity contribution is 6.37. The van der Waals surface area contributed by atoms with Crippen molar-refractivity contribution in [3.63, 3.8) is 0 Å². The predicted octanol–water partition coefficient (Wildman–Crippen LogP) is 6.48. The first-order valence-corrected chi connectivity index (χ1v) is 12.0. The Morgan fingerprint density at radius 1 is 0.861 bits per heavy atom. The second-order valence-electron chi connectivity index (χ2n) is 8.22. The molecule has 6 nitrogen and oxygen atoms in total. The Balaban J connectivity index is 1.60. The number of hydrogen-bond acceptors (Lipinski definition) is 5. The lowest BCUT2D eigenvalue weighted by atomic mass is 9.99. The topological polar surface area (TPSA) is 72.5 Å². The molecular formula is C30H27N3O3. The second-order valence-corrected chi connectivity index (χ2v) is 8.22. The van der Waals surface area contributed by atoms with E-state index in [4.69, 9.17) is 9.47 Å². The number of nitrogens with one attached hydrogen (secondary N) is 2. The third kappa shape index (κ3) is 4.66. The number of pyridine rings is 1. The van der Waals surface area contributed by atoms with E-state index in [0.717, 1.165) is 27.9 Å². The molecule has 2 heterocycles. The highest BCUT2D eigenvalue weighted by Crippen LogP contribution is 2.43. The van der Waals surface area contributed by atoms with Gasteiger partial charge in [-0.05, 0) is 54.8 Å². The van der Waals surface area contributed by atoms with Gasteiger partial charge in [-0.1, -0.05) is 48.5 Å². The first-order chi connectivity index (χ1) is 17.7. The Morgan fingerprint density at radius 3 is 2.25 bits per heavy atom. The zero-order chi connectivity index (χ0) is 24.9. The van der Waals surface area contributed by atoms with Crippen molar-refractivity contribution in [1.82, 2.24) is 4.98 Å². The molecule has 0 fully saturated rings. The molecule has 6 heteroatoms. The molecule has 0 spiro atoms. The molecule has 0 atom stereocenters. The van der Waals surface area contributed by atoms with Gasteiger partial charge in [0.25, 0.3) is 5.91 Å². The molecule has 1 aromatic heterocycles. The number of carbonyl (C=O) groups is 1. The Kier molecular flexibility index (Phi) is 6.67. The van der Waals surface area contributed by atoms with Crippen LogP contribution in [0.5, 0.6) is 11.5 Å². The van der Waals surface area contributed by atoms with Crippen LogP contribution in [0.15, 0.2) is 91.3 Å². The molecule has 0 saturated carbocycles. The summed E-state index contributed by atoms with van der Waals surface area (Å²) >= 11 is 0. The van der Waals surface area contributed by atoms with Crippen LogP contribution in [0.4, 0.5) is 11.4 Å². The van der Waals surface area contributed by atoms with Crippen LogP contribution in [-0.2, 0) is 4.79 Å². The maximum absolute atomic E-state index is 13.3. The number of hydrogen-bond donors (Lipinski definition) is 2. The van der Waals surface area contributed by atoms with E-state index in [1.807, 2.05) is 98.9 Å². The molecule has 36 heavy (non-hydrogen) atoms. The number of amides is 1. The summed E-state index contributed by atoms with van der Waals surface area (Å²) in [6, 6.07) is 25.6. The Bertz CT molecular complexity index is 1400. The average Bonchev–Trinajstić information content (AvgIpc) is 3.23. The molecule has 0 aliphatic carbocycles. The van der Waals surface area contributed by atoms with E-state index >= 15 is 0 Å². The number of carbonyl (C=O) groups excluding carboxylic acids is 1. The van der Waals surface area contributed by atoms with E-state index in [2.05, 4.69) is 15.6 Å². The molecule has 1 aliphatic heterocycles. The Morgan fingerprint density at radius 2 is 1.58 bits per heavy atom. The molecular weight excluding hydrogens is 450 g/mol. The molecule has 2 N–H and O–H groups in total. The lowest BCUT2D eigenvalue weighted by Crippen LogP contribution is -2.10. The van der Waals surface area contributed by atoms with Crippen LogP contribution in [0.2, 0.25) is 0 Å². The van der Waals surface area contributed by atoms with Crippen LogP contribution in [0, 0.1) is 0 Å². The predicted molar refractivity (Wildman–Crippen MR) is 144 cm³/mol. The third-order valence-electron chi connectivity index (χ3n) is 5.89. The second kappa shape index (κ2) is 10.4. The summed E-state index contributed by atoms with van der Waals surface area (Å²) < 4.78 is 11.6. The zero-order valence-corrected chi connectivity index (χ0v) is 20.2. The number of ether oxygens (including phenoxy) is 2. The number of nitrogens with zero attached hydrogens (tertiary/aromatic N) is 1. The quantitative estimate of drug-likeness (QED) is 0.284. The van der Waals surface area contributed by atoms with Crippen molar-refractivity contribution in [1.29, 1.82) is 0 Å². The van der Waals surface area contributed by atoms with Crippen LogP contribution in [0.1, 0.15) is 25.0 Å². The highest BCUT2D eigenvalue weighted by Gasteiger charge is 2.30. The normalized spacial score (nSPS) is 13.6. The fourth-order valence-corrected chi connectivity index (χ4v) is 4.27. The summed E-state index contributed by atoms with van der Waals surface area (Å²) in [4.78, 5) is 17.5. The largest absolute Gasteiger partial charge is 0.490 e. The number of rotatable bonds is 8. The Labute approximate surface area is 210 Å². The van der Waals surface area contributed by atoms with Gasteiger partial charge in [-0.15, -0.1) is 0 Å². The van der Waals surface area contributed by atoms with Crippen molar-refractivity contribution in [3.8, 4) is 22.6 Å². The van der Waals surface area contributed by atoms with E-state index < -0.39 is 0 Å². The van der Waals surface area contributed by atoms with Gasteiger partial charge in [0.2, 0.25) is 0 Å². The molecule has 0 unspecified atom stereocenters. The smallest absolute Gasteiger partial charge is 0.258 e. The maximum Gasteiger partial charge on any atom is 0.258 e. The molecule has 180 valence electrons. The summed E-state index contributed by atoms with van der Waals surface area (Å²) in [6.07, 6.45) is 3.60. The summed E-state index contributed by atoms with van der Waals surface area (Å²) in [5, 5.41) is 6.51. The van der Waals surface area contributed by atoms with Gasteiger partial charge < -0.3 is 20.1 Å². The third-order valence-corrected chi connectivity index (χ3v) is 5.89. The van der Waals surface area contributed by atoms with Crippen molar-refractivity contribution < 1.29 is 14.3 Å². The van der Waals surface area contributed by atoms with E-state index in [9.17, 15) is 4.79 Å². The minimum absolute atomic E-state index is 0.181. The van der Waals surface area contributed by atoms with E-state index in [-0.39, 0.29) is 5.91 Å². The van der Waals surface area contributed by atoms with Crippen molar-refractivity contribution >= 4 is 28.6 Å². The van der Waals surface area contributed by atoms with Gasteiger partial charge in [-0.3, -0.25) is 9.78 Å². The van der Waals surface area contributed by atoms with Crippen molar-refractivity contribution in [2.75, 3.05) is 23.8 Å². The summed E-state index contributed by atoms with van der Waals surface area (Å²) in [5.74, 6) is 1.04. The zero-order valence-electron chi connectivity index (χ0n) is 20.2. The monoisotopic (exact) mass is 477 g/mol. The minimum atomic E-state index is -0.181. The number of anilines is 2.